The number of aryl methyl sites for hydroxylation is 1. The first-order valence-electron chi connectivity index (χ1n) is 9.43. The van der Waals surface area contributed by atoms with Crippen molar-refractivity contribution >= 4 is 5.91 Å². The number of hydrogen-bond acceptors (Lipinski definition) is 3. The summed E-state index contributed by atoms with van der Waals surface area (Å²) in [6.45, 7) is 3.97. The second-order valence-corrected chi connectivity index (χ2v) is 7.23. The van der Waals surface area contributed by atoms with Crippen molar-refractivity contribution in [1.29, 1.82) is 0 Å². The van der Waals surface area contributed by atoms with Crippen molar-refractivity contribution < 1.29 is 4.79 Å². The van der Waals surface area contributed by atoms with Gasteiger partial charge in [0.05, 0.1) is 6.54 Å². The number of rotatable bonds is 7. The van der Waals surface area contributed by atoms with Gasteiger partial charge in [0.1, 0.15) is 5.82 Å². The van der Waals surface area contributed by atoms with Gasteiger partial charge in [-0.2, -0.15) is 0 Å². The van der Waals surface area contributed by atoms with E-state index in [9.17, 15) is 4.79 Å². The molecule has 0 atom stereocenters. The number of benzene rings is 1. The Morgan fingerprint density at radius 1 is 1.15 bits per heavy atom. The van der Waals surface area contributed by atoms with Gasteiger partial charge in [0.2, 0.25) is 5.91 Å². The van der Waals surface area contributed by atoms with Gasteiger partial charge < -0.3 is 9.47 Å². The summed E-state index contributed by atoms with van der Waals surface area (Å²) in [5, 5.41) is 0. The number of nitrogens with zero attached hydrogens (tertiary/aromatic N) is 4. The van der Waals surface area contributed by atoms with Crippen LogP contribution < -0.4 is 0 Å². The molecule has 0 radical (unpaired) electrons. The van der Waals surface area contributed by atoms with Gasteiger partial charge in [0.25, 0.3) is 0 Å². The molecule has 1 amide bonds. The number of pyridine rings is 1. The van der Waals surface area contributed by atoms with Gasteiger partial charge in [-0.15, -0.1) is 0 Å². The van der Waals surface area contributed by atoms with E-state index < -0.39 is 0 Å². The topological polar surface area (TPSA) is 51.0 Å². The van der Waals surface area contributed by atoms with Crippen LogP contribution in [0.1, 0.15) is 35.4 Å². The zero-order valence-corrected chi connectivity index (χ0v) is 15.6. The van der Waals surface area contributed by atoms with Crippen LogP contribution in [0.2, 0.25) is 0 Å². The largest absolute Gasteiger partial charge is 0.331 e. The number of carbonyl (C=O) groups excluding carboxylic acids is 1. The fraction of sp³-hybridized carbons (Fsp3) is 0.318. The minimum Gasteiger partial charge on any atom is -0.331 e. The molecule has 5 nitrogen and oxygen atoms in total. The van der Waals surface area contributed by atoms with Crippen molar-refractivity contribution in [2.45, 2.75) is 39.4 Å². The Hall–Kier alpha value is -2.95. The van der Waals surface area contributed by atoms with Gasteiger partial charge in [-0.1, -0.05) is 30.3 Å². The average molecular weight is 360 g/mol. The van der Waals surface area contributed by atoms with Crippen LogP contribution in [0.15, 0.2) is 61.2 Å². The molecule has 1 aliphatic rings. The van der Waals surface area contributed by atoms with E-state index in [0.29, 0.717) is 13.1 Å². The third-order valence-corrected chi connectivity index (χ3v) is 5.07. The molecule has 138 valence electrons. The lowest BCUT2D eigenvalue weighted by atomic mass is 10.1. The van der Waals surface area contributed by atoms with Gasteiger partial charge in [-0.3, -0.25) is 9.78 Å². The average Bonchev–Trinajstić information content (AvgIpc) is 3.45. The second kappa shape index (κ2) is 7.74. The summed E-state index contributed by atoms with van der Waals surface area (Å²) < 4.78 is 2.14. The minimum absolute atomic E-state index is 0.182. The van der Waals surface area contributed by atoms with Crippen LogP contribution >= 0.6 is 0 Å². The SMILES string of the molecule is Cc1ccccc1Cn1ccnc1CN(Cc1cccnc1)C(=O)C1CC1. The molecule has 0 N–H and O–H groups in total. The van der Waals surface area contributed by atoms with E-state index in [4.69, 9.17) is 0 Å². The molecular formula is C22H24N4O. The number of carbonyl (C=O) groups is 1. The van der Waals surface area contributed by atoms with Gasteiger partial charge in [0, 0.05) is 43.8 Å². The molecule has 1 aliphatic carbocycles. The minimum atomic E-state index is 0.182. The Morgan fingerprint density at radius 3 is 2.74 bits per heavy atom. The van der Waals surface area contributed by atoms with Crippen molar-refractivity contribution in [3.63, 3.8) is 0 Å². The molecule has 2 heterocycles. The van der Waals surface area contributed by atoms with Crippen LogP contribution in [0, 0.1) is 12.8 Å². The van der Waals surface area contributed by atoms with E-state index in [0.717, 1.165) is 30.8 Å². The molecule has 0 bridgehead atoms. The Morgan fingerprint density at radius 2 is 2.00 bits per heavy atom. The zero-order valence-electron chi connectivity index (χ0n) is 15.6. The van der Waals surface area contributed by atoms with E-state index in [1.807, 2.05) is 35.6 Å². The number of aromatic nitrogens is 3. The highest BCUT2D eigenvalue weighted by Crippen LogP contribution is 2.32. The Kier molecular flexibility index (Phi) is 5.01. The van der Waals surface area contributed by atoms with Crippen molar-refractivity contribution in [1.82, 2.24) is 19.4 Å². The molecule has 4 rings (SSSR count). The number of imidazole rings is 1. The molecule has 0 saturated heterocycles. The summed E-state index contributed by atoms with van der Waals surface area (Å²) in [6, 6.07) is 12.3. The molecule has 0 aliphatic heterocycles. The molecule has 2 aromatic heterocycles. The third kappa shape index (κ3) is 4.25. The molecule has 5 heteroatoms. The first-order chi connectivity index (χ1) is 13.2. The summed E-state index contributed by atoms with van der Waals surface area (Å²) in [4.78, 5) is 23.5. The van der Waals surface area contributed by atoms with E-state index in [1.165, 1.54) is 11.1 Å². The van der Waals surface area contributed by atoms with Crippen molar-refractivity contribution in [2.24, 2.45) is 5.92 Å². The molecule has 27 heavy (non-hydrogen) atoms. The maximum Gasteiger partial charge on any atom is 0.226 e. The van der Waals surface area contributed by atoms with Crippen LogP contribution in [-0.2, 0) is 24.4 Å². The molecular weight excluding hydrogens is 336 g/mol. The Labute approximate surface area is 159 Å². The monoisotopic (exact) mass is 360 g/mol. The van der Waals surface area contributed by atoms with Gasteiger partial charge in [-0.25, -0.2) is 4.98 Å². The van der Waals surface area contributed by atoms with Crippen LogP contribution in [0.5, 0.6) is 0 Å². The van der Waals surface area contributed by atoms with Gasteiger partial charge in [0.15, 0.2) is 0 Å². The fourth-order valence-corrected chi connectivity index (χ4v) is 3.29. The van der Waals surface area contributed by atoms with E-state index in [2.05, 4.69) is 45.7 Å². The number of hydrogen-bond donors (Lipinski definition) is 0. The van der Waals surface area contributed by atoms with Crippen molar-refractivity contribution in [2.75, 3.05) is 0 Å². The Bertz CT molecular complexity index is 915. The zero-order chi connectivity index (χ0) is 18.6. The van der Waals surface area contributed by atoms with E-state index in [-0.39, 0.29) is 11.8 Å². The molecule has 3 aromatic rings. The lowest BCUT2D eigenvalue weighted by molar-refractivity contribution is -0.134. The first kappa shape index (κ1) is 17.5. The van der Waals surface area contributed by atoms with Crippen LogP contribution in [0.25, 0.3) is 0 Å². The second-order valence-electron chi connectivity index (χ2n) is 7.23. The Balaban J connectivity index is 1.54. The van der Waals surface area contributed by atoms with Gasteiger partial charge >= 0.3 is 0 Å². The predicted octanol–water partition coefficient (Wildman–Crippen LogP) is 3.57. The summed E-state index contributed by atoms with van der Waals surface area (Å²) in [7, 11) is 0. The molecule has 1 aromatic carbocycles. The molecule has 1 saturated carbocycles. The first-order valence-corrected chi connectivity index (χ1v) is 9.43. The lowest BCUT2D eigenvalue weighted by Crippen LogP contribution is -2.32. The standard InChI is InChI=1S/C22H24N4O/c1-17-5-2-3-7-20(17)15-25-12-11-24-21(25)16-26(22(27)19-8-9-19)14-18-6-4-10-23-13-18/h2-7,10-13,19H,8-9,14-16H2,1H3. The van der Waals surface area contributed by atoms with Crippen molar-refractivity contribution in [3.05, 3.63) is 83.7 Å². The summed E-state index contributed by atoms with van der Waals surface area (Å²) >= 11 is 0. The predicted molar refractivity (Wildman–Crippen MR) is 104 cm³/mol. The fourth-order valence-electron chi connectivity index (χ4n) is 3.29. The van der Waals surface area contributed by atoms with E-state index in [1.54, 1.807) is 6.20 Å². The summed E-state index contributed by atoms with van der Waals surface area (Å²) in [5.74, 6) is 1.32. The maximum atomic E-state index is 12.8. The lowest BCUT2D eigenvalue weighted by Gasteiger charge is -2.23. The number of amides is 1. The molecule has 1 fully saturated rings. The van der Waals surface area contributed by atoms with Gasteiger partial charge in [-0.05, 0) is 42.5 Å². The normalized spacial score (nSPS) is 13.5. The smallest absolute Gasteiger partial charge is 0.226 e. The molecule has 0 spiro atoms. The highest BCUT2D eigenvalue weighted by molar-refractivity contribution is 5.81. The highest BCUT2D eigenvalue weighted by atomic mass is 16.2. The highest BCUT2D eigenvalue weighted by Gasteiger charge is 2.34. The quantitative estimate of drug-likeness (QED) is 0.647. The third-order valence-electron chi connectivity index (χ3n) is 5.07. The summed E-state index contributed by atoms with van der Waals surface area (Å²) in [6.07, 6.45) is 9.39. The van der Waals surface area contributed by atoms with E-state index >= 15 is 0 Å². The van der Waals surface area contributed by atoms with Crippen molar-refractivity contribution in [3.8, 4) is 0 Å². The van der Waals surface area contributed by atoms with Crippen LogP contribution in [0.3, 0.4) is 0 Å². The van der Waals surface area contributed by atoms with Crippen LogP contribution in [0.4, 0.5) is 0 Å². The summed E-state index contributed by atoms with van der Waals surface area (Å²) in [5.41, 5.74) is 3.58. The maximum absolute atomic E-state index is 12.8. The molecule has 0 unspecified atom stereocenters. The van der Waals surface area contributed by atoms with Crippen LogP contribution in [-0.4, -0.2) is 25.3 Å².